The van der Waals surface area contributed by atoms with Gasteiger partial charge in [0.15, 0.2) is 0 Å². The lowest BCUT2D eigenvalue weighted by Gasteiger charge is -2.35. The number of aromatic nitrogens is 2. The molecule has 1 N–H and O–H groups in total. The fraction of sp³-hybridized carbons (Fsp3) is 0.474. The molecule has 6 heteroatoms. The van der Waals surface area contributed by atoms with Gasteiger partial charge in [0.05, 0.1) is 18.0 Å². The van der Waals surface area contributed by atoms with E-state index in [1.165, 1.54) is 0 Å². The van der Waals surface area contributed by atoms with Gasteiger partial charge in [-0.1, -0.05) is 18.2 Å². The molecule has 6 nitrogen and oxygen atoms in total. The van der Waals surface area contributed by atoms with E-state index in [2.05, 4.69) is 10.00 Å². The predicted octanol–water partition coefficient (Wildman–Crippen LogP) is 1.33. The van der Waals surface area contributed by atoms with Gasteiger partial charge in [0.25, 0.3) is 0 Å². The molecule has 3 rings (SSSR count). The van der Waals surface area contributed by atoms with E-state index in [-0.39, 0.29) is 12.0 Å². The van der Waals surface area contributed by atoms with Crippen molar-refractivity contribution in [3.05, 3.63) is 48.3 Å². The first kappa shape index (κ1) is 17.6. The molecule has 1 aliphatic rings. The summed E-state index contributed by atoms with van der Waals surface area (Å²) in [6.45, 7) is 5.64. The van der Waals surface area contributed by atoms with Crippen LogP contribution in [-0.2, 0) is 11.2 Å². The lowest BCUT2D eigenvalue weighted by atomic mass is 10.1. The van der Waals surface area contributed by atoms with Crippen molar-refractivity contribution < 1.29 is 9.90 Å². The highest BCUT2D eigenvalue weighted by atomic mass is 16.3. The van der Waals surface area contributed by atoms with Crippen LogP contribution in [0.1, 0.15) is 18.9 Å². The summed E-state index contributed by atoms with van der Waals surface area (Å²) in [5.74, 6) is 0.198. The zero-order valence-corrected chi connectivity index (χ0v) is 14.7. The molecule has 2 aromatic rings. The normalized spacial score (nSPS) is 16.8. The van der Waals surface area contributed by atoms with Crippen LogP contribution in [0.2, 0.25) is 0 Å². The average Bonchev–Trinajstić information content (AvgIpc) is 3.10. The van der Waals surface area contributed by atoms with E-state index in [9.17, 15) is 9.90 Å². The Labute approximate surface area is 148 Å². The largest absolute Gasteiger partial charge is 0.392 e. The monoisotopic (exact) mass is 342 g/mol. The highest BCUT2D eigenvalue weighted by Crippen LogP contribution is 2.11. The van der Waals surface area contributed by atoms with Crippen LogP contribution in [0.4, 0.5) is 0 Å². The van der Waals surface area contributed by atoms with Crippen LogP contribution >= 0.6 is 0 Å². The third-order valence-corrected chi connectivity index (χ3v) is 4.53. The Morgan fingerprint density at radius 3 is 2.60 bits per heavy atom. The highest BCUT2D eigenvalue weighted by molar-refractivity contribution is 5.76. The lowest BCUT2D eigenvalue weighted by molar-refractivity contribution is -0.133. The van der Waals surface area contributed by atoms with Gasteiger partial charge in [0.1, 0.15) is 0 Å². The summed E-state index contributed by atoms with van der Waals surface area (Å²) in [6, 6.07) is 9.96. The third-order valence-electron chi connectivity index (χ3n) is 4.53. The average molecular weight is 342 g/mol. The fourth-order valence-electron chi connectivity index (χ4n) is 3.17. The summed E-state index contributed by atoms with van der Waals surface area (Å²) < 4.78 is 1.84. The van der Waals surface area contributed by atoms with E-state index in [4.69, 9.17) is 0 Å². The standard InChI is InChI=1S/C19H26N4O2/c1-16(24)14-21-9-11-22(12-10-21)19(25)8-7-17-13-20-23(15-17)18-5-3-2-4-6-18/h2-6,13,15-16,24H,7-12,14H2,1H3. The van der Waals surface area contributed by atoms with Gasteiger partial charge in [0.2, 0.25) is 5.91 Å². The molecule has 1 saturated heterocycles. The SMILES string of the molecule is CC(O)CN1CCN(C(=O)CCc2cnn(-c3ccccc3)c2)CC1. The Kier molecular flexibility index (Phi) is 5.83. The van der Waals surface area contributed by atoms with Gasteiger partial charge in [-0.05, 0) is 31.0 Å². The number of amides is 1. The van der Waals surface area contributed by atoms with Gasteiger partial charge >= 0.3 is 0 Å². The Balaban J connectivity index is 1.46. The molecular weight excluding hydrogens is 316 g/mol. The molecule has 2 heterocycles. The number of hydrogen-bond donors (Lipinski definition) is 1. The number of hydrogen-bond acceptors (Lipinski definition) is 4. The minimum atomic E-state index is -0.316. The number of nitrogens with zero attached hydrogens (tertiary/aromatic N) is 4. The van der Waals surface area contributed by atoms with Gasteiger partial charge in [-0.15, -0.1) is 0 Å². The van der Waals surface area contributed by atoms with Crippen molar-refractivity contribution in [3.8, 4) is 5.69 Å². The molecule has 0 saturated carbocycles. The summed E-state index contributed by atoms with van der Waals surface area (Å²) in [4.78, 5) is 16.5. The Bertz CT molecular complexity index is 676. The van der Waals surface area contributed by atoms with Gasteiger partial charge in [-0.3, -0.25) is 9.69 Å². The van der Waals surface area contributed by atoms with Crippen LogP contribution in [0.25, 0.3) is 5.69 Å². The first-order chi connectivity index (χ1) is 12.1. The molecule has 1 aliphatic heterocycles. The Morgan fingerprint density at radius 2 is 1.92 bits per heavy atom. The minimum Gasteiger partial charge on any atom is -0.392 e. The van der Waals surface area contributed by atoms with E-state index in [0.29, 0.717) is 19.4 Å². The molecule has 0 spiro atoms. The highest BCUT2D eigenvalue weighted by Gasteiger charge is 2.21. The van der Waals surface area contributed by atoms with Gasteiger partial charge < -0.3 is 10.0 Å². The van der Waals surface area contributed by atoms with Gasteiger partial charge in [-0.2, -0.15) is 5.10 Å². The van der Waals surface area contributed by atoms with Crippen LogP contribution in [0.15, 0.2) is 42.7 Å². The van der Waals surface area contributed by atoms with Crippen LogP contribution in [0.5, 0.6) is 0 Å². The molecule has 0 radical (unpaired) electrons. The maximum absolute atomic E-state index is 12.4. The molecule has 1 unspecified atom stereocenters. The number of β-amino-alcohol motifs (C(OH)–C–C–N with tert-alkyl or cyclic N) is 1. The van der Waals surface area contributed by atoms with Crippen LogP contribution in [-0.4, -0.2) is 69.4 Å². The van der Waals surface area contributed by atoms with E-state index in [1.807, 2.05) is 52.3 Å². The van der Waals surface area contributed by atoms with E-state index >= 15 is 0 Å². The number of carbonyl (C=O) groups is 1. The number of aryl methyl sites for hydroxylation is 1. The summed E-state index contributed by atoms with van der Waals surface area (Å²) in [5.41, 5.74) is 2.10. The first-order valence-corrected chi connectivity index (χ1v) is 8.89. The van der Waals surface area contributed by atoms with Gasteiger partial charge in [-0.25, -0.2) is 4.68 Å². The van der Waals surface area contributed by atoms with E-state index < -0.39 is 0 Å². The summed E-state index contributed by atoms with van der Waals surface area (Å²) >= 11 is 0. The van der Waals surface area contributed by atoms with Crippen molar-refractivity contribution in [2.75, 3.05) is 32.7 Å². The molecular formula is C19H26N4O2. The van der Waals surface area contributed by atoms with Gasteiger partial charge in [0, 0.05) is 45.3 Å². The first-order valence-electron chi connectivity index (χ1n) is 8.89. The minimum absolute atomic E-state index is 0.198. The van der Waals surface area contributed by atoms with Crippen molar-refractivity contribution in [2.45, 2.75) is 25.9 Å². The Hall–Kier alpha value is -2.18. The number of carbonyl (C=O) groups excluding carboxylic acids is 1. The maximum atomic E-state index is 12.4. The molecule has 1 aromatic carbocycles. The number of piperazine rings is 1. The van der Waals surface area contributed by atoms with Crippen molar-refractivity contribution in [2.24, 2.45) is 0 Å². The second kappa shape index (κ2) is 8.27. The van der Waals surface area contributed by atoms with E-state index in [0.717, 1.165) is 37.4 Å². The van der Waals surface area contributed by atoms with Crippen molar-refractivity contribution in [1.82, 2.24) is 19.6 Å². The molecule has 0 aliphatic carbocycles. The molecule has 1 atom stereocenters. The smallest absolute Gasteiger partial charge is 0.222 e. The van der Waals surface area contributed by atoms with Crippen LogP contribution < -0.4 is 0 Å². The predicted molar refractivity (Wildman–Crippen MR) is 96.6 cm³/mol. The van der Waals surface area contributed by atoms with Crippen molar-refractivity contribution in [3.63, 3.8) is 0 Å². The molecule has 134 valence electrons. The second-order valence-electron chi connectivity index (χ2n) is 6.66. The molecule has 1 aromatic heterocycles. The molecule has 1 fully saturated rings. The fourth-order valence-corrected chi connectivity index (χ4v) is 3.17. The zero-order valence-electron chi connectivity index (χ0n) is 14.7. The number of para-hydroxylation sites is 1. The van der Waals surface area contributed by atoms with Crippen molar-refractivity contribution in [1.29, 1.82) is 0 Å². The number of rotatable bonds is 6. The molecule has 25 heavy (non-hydrogen) atoms. The number of aliphatic hydroxyl groups is 1. The topological polar surface area (TPSA) is 61.6 Å². The Morgan fingerprint density at radius 1 is 1.20 bits per heavy atom. The molecule has 0 bridgehead atoms. The lowest BCUT2D eigenvalue weighted by Crippen LogP contribution is -2.50. The van der Waals surface area contributed by atoms with Crippen molar-refractivity contribution >= 4 is 5.91 Å². The van der Waals surface area contributed by atoms with E-state index in [1.54, 1.807) is 6.92 Å². The quantitative estimate of drug-likeness (QED) is 0.860. The summed E-state index contributed by atoms with van der Waals surface area (Å²) in [5, 5.41) is 13.8. The summed E-state index contributed by atoms with van der Waals surface area (Å²) in [6.07, 6.45) is 4.73. The summed E-state index contributed by atoms with van der Waals surface area (Å²) in [7, 11) is 0. The van der Waals surface area contributed by atoms with Crippen LogP contribution in [0, 0.1) is 0 Å². The number of aliphatic hydroxyl groups excluding tert-OH is 1. The third kappa shape index (κ3) is 4.90. The zero-order chi connectivity index (χ0) is 17.6. The van der Waals surface area contributed by atoms with Crippen LogP contribution in [0.3, 0.4) is 0 Å². The molecule has 1 amide bonds. The number of benzene rings is 1. The second-order valence-corrected chi connectivity index (χ2v) is 6.66. The maximum Gasteiger partial charge on any atom is 0.222 e.